The van der Waals surface area contributed by atoms with Crippen molar-refractivity contribution in [1.82, 2.24) is 0 Å². The zero-order valence-corrected chi connectivity index (χ0v) is 17.0. The zero-order chi connectivity index (χ0) is 18.7. The van der Waals surface area contributed by atoms with Crippen molar-refractivity contribution < 1.29 is 19.1 Å². The van der Waals surface area contributed by atoms with Crippen molar-refractivity contribution in [1.29, 1.82) is 0 Å². The Balaban J connectivity index is 1.74. The lowest BCUT2D eigenvalue weighted by molar-refractivity contribution is -0.118. The molecule has 2 aromatic rings. The summed E-state index contributed by atoms with van der Waals surface area (Å²) in [4.78, 5) is 25.7. The van der Waals surface area contributed by atoms with Crippen molar-refractivity contribution in [2.75, 3.05) is 19.0 Å². The lowest BCUT2D eigenvalue weighted by Gasteiger charge is -2.18. The summed E-state index contributed by atoms with van der Waals surface area (Å²) in [5.41, 5.74) is 1.51. The SMILES string of the molecule is COC(=O)c1c(NC(=O)COc2cccc(Br)c2)sc2c1CCC(C)C2. The molecule has 0 saturated carbocycles. The van der Waals surface area contributed by atoms with Gasteiger partial charge in [-0.2, -0.15) is 0 Å². The Hall–Kier alpha value is -1.86. The molecule has 0 aliphatic heterocycles. The molecule has 0 bridgehead atoms. The first-order chi connectivity index (χ1) is 12.5. The number of carbonyl (C=O) groups is 2. The smallest absolute Gasteiger partial charge is 0.341 e. The van der Waals surface area contributed by atoms with Gasteiger partial charge in [0, 0.05) is 9.35 Å². The van der Waals surface area contributed by atoms with Gasteiger partial charge < -0.3 is 14.8 Å². The van der Waals surface area contributed by atoms with E-state index < -0.39 is 5.97 Å². The number of fused-ring (bicyclic) bond motifs is 1. The van der Waals surface area contributed by atoms with Gasteiger partial charge in [0.05, 0.1) is 12.7 Å². The van der Waals surface area contributed by atoms with Crippen molar-refractivity contribution in [3.63, 3.8) is 0 Å². The number of rotatable bonds is 5. The first kappa shape index (κ1) is 18.9. The van der Waals surface area contributed by atoms with E-state index in [9.17, 15) is 9.59 Å². The van der Waals surface area contributed by atoms with Crippen LogP contribution in [0.5, 0.6) is 5.75 Å². The van der Waals surface area contributed by atoms with E-state index in [4.69, 9.17) is 9.47 Å². The number of halogens is 1. The van der Waals surface area contributed by atoms with Gasteiger partial charge in [-0.25, -0.2) is 4.79 Å². The van der Waals surface area contributed by atoms with Crippen molar-refractivity contribution >= 4 is 44.1 Å². The van der Waals surface area contributed by atoms with Gasteiger partial charge in [0.25, 0.3) is 5.91 Å². The Bertz CT molecular complexity index is 833. The fraction of sp³-hybridized carbons (Fsp3) is 0.368. The first-order valence-corrected chi connectivity index (χ1v) is 10.00. The Morgan fingerprint density at radius 2 is 2.19 bits per heavy atom. The van der Waals surface area contributed by atoms with Gasteiger partial charge in [-0.05, 0) is 48.9 Å². The highest BCUT2D eigenvalue weighted by molar-refractivity contribution is 9.10. The summed E-state index contributed by atoms with van der Waals surface area (Å²) >= 11 is 4.83. The largest absolute Gasteiger partial charge is 0.484 e. The van der Waals surface area contributed by atoms with Crippen LogP contribution >= 0.6 is 27.3 Å². The number of hydrogen-bond donors (Lipinski definition) is 1. The maximum atomic E-state index is 12.3. The molecule has 1 aliphatic rings. The number of carbonyl (C=O) groups excluding carboxylic acids is 2. The number of anilines is 1. The molecule has 3 rings (SSSR count). The minimum Gasteiger partial charge on any atom is -0.484 e. The van der Waals surface area contributed by atoms with Crippen LogP contribution in [0.25, 0.3) is 0 Å². The van der Waals surface area contributed by atoms with Crippen LogP contribution in [0, 0.1) is 5.92 Å². The van der Waals surface area contributed by atoms with Gasteiger partial charge in [-0.1, -0.05) is 28.9 Å². The molecule has 1 aromatic carbocycles. The molecule has 0 saturated heterocycles. The topological polar surface area (TPSA) is 64.6 Å². The predicted octanol–water partition coefficient (Wildman–Crippen LogP) is 4.44. The van der Waals surface area contributed by atoms with Crippen LogP contribution in [0.4, 0.5) is 5.00 Å². The Morgan fingerprint density at radius 1 is 1.38 bits per heavy atom. The van der Waals surface area contributed by atoms with Gasteiger partial charge in [0.1, 0.15) is 10.8 Å². The van der Waals surface area contributed by atoms with E-state index in [0.717, 1.165) is 34.2 Å². The van der Waals surface area contributed by atoms with E-state index in [1.165, 1.54) is 18.4 Å². The van der Waals surface area contributed by atoms with Crippen LogP contribution in [-0.2, 0) is 22.4 Å². The third kappa shape index (κ3) is 4.27. The molecule has 7 heteroatoms. The van der Waals surface area contributed by atoms with Crippen molar-refractivity contribution in [2.45, 2.75) is 26.2 Å². The molecule has 0 radical (unpaired) electrons. The van der Waals surface area contributed by atoms with Gasteiger partial charge in [0.2, 0.25) is 0 Å². The second-order valence-corrected chi connectivity index (χ2v) is 8.36. The molecule has 1 heterocycles. The number of benzene rings is 1. The minimum atomic E-state index is -0.403. The highest BCUT2D eigenvalue weighted by atomic mass is 79.9. The molecular weight excluding hydrogens is 418 g/mol. The standard InChI is InChI=1S/C19H20BrNO4S/c1-11-6-7-14-15(8-11)26-18(17(14)19(23)24-2)21-16(22)10-25-13-5-3-4-12(20)9-13/h3-5,9,11H,6-8,10H2,1-2H3,(H,21,22). The van der Waals surface area contributed by atoms with E-state index in [2.05, 4.69) is 28.2 Å². The van der Waals surface area contributed by atoms with E-state index in [1.807, 2.05) is 12.1 Å². The van der Waals surface area contributed by atoms with Crippen LogP contribution in [0.15, 0.2) is 28.7 Å². The number of hydrogen-bond acceptors (Lipinski definition) is 5. The third-order valence-electron chi connectivity index (χ3n) is 4.32. The van der Waals surface area contributed by atoms with Crippen LogP contribution in [0.2, 0.25) is 0 Å². The van der Waals surface area contributed by atoms with Crippen LogP contribution in [0.1, 0.15) is 34.1 Å². The maximum Gasteiger partial charge on any atom is 0.341 e. The summed E-state index contributed by atoms with van der Waals surface area (Å²) in [6.45, 7) is 2.07. The molecule has 26 heavy (non-hydrogen) atoms. The number of nitrogens with one attached hydrogen (secondary N) is 1. The molecule has 1 aliphatic carbocycles. The van der Waals surface area contributed by atoms with E-state index in [0.29, 0.717) is 22.2 Å². The molecule has 1 atom stereocenters. The lowest BCUT2D eigenvalue weighted by Crippen LogP contribution is -2.21. The summed E-state index contributed by atoms with van der Waals surface area (Å²) in [5, 5.41) is 3.38. The van der Waals surface area contributed by atoms with Crippen molar-refractivity contribution in [2.24, 2.45) is 5.92 Å². The number of esters is 1. The summed E-state index contributed by atoms with van der Waals surface area (Å²) < 4.78 is 11.3. The van der Waals surface area contributed by atoms with Gasteiger partial charge in [-0.3, -0.25) is 4.79 Å². The summed E-state index contributed by atoms with van der Waals surface area (Å²) in [7, 11) is 1.36. The molecule has 138 valence electrons. The molecule has 1 aromatic heterocycles. The van der Waals surface area contributed by atoms with Gasteiger partial charge in [-0.15, -0.1) is 11.3 Å². The average Bonchev–Trinajstić information content (AvgIpc) is 2.96. The fourth-order valence-corrected chi connectivity index (χ4v) is 4.82. The second kappa shape index (κ2) is 8.22. The number of methoxy groups -OCH3 is 1. The zero-order valence-electron chi connectivity index (χ0n) is 14.6. The normalized spacial score (nSPS) is 15.9. The monoisotopic (exact) mass is 437 g/mol. The highest BCUT2D eigenvalue weighted by Crippen LogP contribution is 2.40. The Labute approximate surface area is 164 Å². The second-order valence-electron chi connectivity index (χ2n) is 6.34. The van der Waals surface area contributed by atoms with E-state index >= 15 is 0 Å². The quantitative estimate of drug-likeness (QED) is 0.702. The number of thiophene rings is 1. The first-order valence-electron chi connectivity index (χ1n) is 8.39. The van der Waals surface area contributed by atoms with Crippen LogP contribution < -0.4 is 10.1 Å². The molecule has 0 spiro atoms. The van der Waals surface area contributed by atoms with Gasteiger partial charge in [0.15, 0.2) is 6.61 Å². The Kier molecular flexibility index (Phi) is 5.98. The average molecular weight is 438 g/mol. The third-order valence-corrected chi connectivity index (χ3v) is 5.98. The summed E-state index contributed by atoms with van der Waals surface area (Å²) in [5.74, 6) is 0.471. The maximum absolute atomic E-state index is 12.3. The highest BCUT2D eigenvalue weighted by Gasteiger charge is 2.28. The van der Waals surface area contributed by atoms with Crippen molar-refractivity contribution in [3.8, 4) is 5.75 Å². The number of ether oxygens (including phenoxy) is 2. The summed E-state index contributed by atoms with van der Waals surface area (Å²) in [6, 6.07) is 7.29. The molecule has 1 unspecified atom stereocenters. The number of amides is 1. The van der Waals surface area contributed by atoms with Gasteiger partial charge >= 0.3 is 5.97 Å². The molecule has 1 N–H and O–H groups in total. The van der Waals surface area contributed by atoms with Crippen LogP contribution in [-0.4, -0.2) is 25.6 Å². The van der Waals surface area contributed by atoms with E-state index in [-0.39, 0.29) is 12.5 Å². The van der Waals surface area contributed by atoms with Crippen LogP contribution in [0.3, 0.4) is 0 Å². The minimum absolute atomic E-state index is 0.129. The molecular formula is C19H20BrNO4S. The lowest BCUT2D eigenvalue weighted by atomic mass is 9.88. The Morgan fingerprint density at radius 3 is 2.92 bits per heavy atom. The molecule has 5 nitrogen and oxygen atoms in total. The molecule has 1 amide bonds. The predicted molar refractivity (Wildman–Crippen MR) is 105 cm³/mol. The fourth-order valence-electron chi connectivity index (χ4n) is 3.03. The van der Waals surface area contributed by atoms with Crippen molar-refractivity contribution in [3.05, 3.63) is 44.7 Å². The molecule has 0 fully saturated rings. The van der Waals surface area contributed by atoms with E-state index in [1.54, 1.807) is 12.1 Å². The summed E-state index contributed by atoms with van der Waals surface area (Å²) in [6.07, 6.45) is 2.80.